The van der Waals surface area contributed by atoms with Crippen molar-refractivity contribution in [1.82, 2.24) is 5.32 Å². The van der Waals surface area contributed by atoms with Gasteiger partial charge in [0, 0.05) is 6.04 Å². The van der Waals surface area contributed by atoms with Crippen molar-refractivity contribution < 1.29 is 0 Å². The lowest BCUT2D eigenvalue weighted by Crippen LogP contribution is -2.29. The van der Waals surface area contributed by atoms with E-state index in [4.69, 9.17) is 0 Å². The summed E-state index contributed by atoms with van der Waals surface area (Å²) >= 11 is 0. The third-order valence-electron chi connectivity index (χ3n) is 4.34. The molecule has 1 aromatic rings. The maximum atomic E-state index is 3.53. The van der Waals surface area contributed by atoms with E-state index < -0.39 is 0 Å². The first kappa shape index (κ1) is 12.6. The molecule has 1 fully saturated rings. The first-order valence-electron chi connectivity index (χ1n) is 7.07. The second kappa shape index (κ2) is 6.20. The SMILES string of the molecule is CCC1CCCC(C(NC)c2ccccc2)C1. The van der Waals surface area contributed by atoms with Crippen molar-refractivity contribution in [2.75, 3.05) is 7.05 Å². The summed E-state index contributed by atoms with van der Waals surface area (Å²) in [5, 5.41) is 3.53. The molecule has 1 N–H and O–H groups in total. The van der Waals surface area contributed by atoms with Crippen LogP contribution in [0.1, 0.15) is 50.6 Å². The van der Waals surface area contributed by atoms with Crippen molar-refractivity contribution in [1.29, 1.82) is 0 Å². The van der Waals surface area contributed by atoms with Crippen LogP contribution in [0.5, 0.6) is 0 Å². The van der Waals surface area contributed by atoms with Crippen LogP contribution in [0.15, 0.2) is 30.3 Å². The molecule has 0 heterocycles. The summed E-state index contributed by atoms with van der Waals surface area (Å²) in [6.07, 6.45) is 6.99. The first-order valence-corrected chi connectivity index (χ1v) is 7.07. The van der Waals surface area contributed by atoms with Gasteiger partial charge < -0.3 is 5.32 Å². The van der Waals surface area contributed by atoms with Crippen molar-refractivity contribution in [2.45, 2.75) is 45.1 Å². The summed E-state index contributed by atoms with van der Waals surface area (Å²) in [4.78, 5) is 0. The van der Waals surface area contributed by atoms with Gasteiger partial charge in [0.1, 0.15) is 0 Å². The fourth-order valence-corrected chi connectivity index (χ4v) is 3.34. The average molecular weight is 231 g/mol. The van der Waals surface area contributed by atoms with Crippen LogP contribution in [-0.4, -0.2) is 7.05 Å². The highest BCUT2D eigenvalue weighted by Gasteiger charge is 2.27. The third-order valence-corrected chi connectivity index (χ3v) is 4.34. The van der Waals surface area contributed by atoms with Gasteiger partial charge in [-0.2, -0.15) is 0 Å². The van der Waals surface area contributed by atoms with Crippen LogP contribution in [0, 0.1) is 11.8 Å². The van der Waals surface area contributed by atoms with Crippen LogP contribution in [0.25, 0.3) is 0 Å². The first-order chi connectivity index (χ1) is 8.35. The Morgan fingerprint density at radius 3 is 2.65 bits per heavy atom. The lowest BCUT2D eigenvalue weighted by atomic mass is 9.75. The molecule has 3 unspecified atom stereocenters. The zero-order chi connectivity index (χ0) is 12.1. The molecule has 0 aromatic heterocycles. The predicted molar refractivity (Wildman–Crippen MR) is 74.0 cm³/mol. The normalized spacial score (nSPS) is 26.7. The minimum Gasteiger partial charge on any atom is -0.313 e. The lowest BCUT2D eigenvalue weighted by Gasteiger charge is -2.34. The number of rotatable bonds is 4. The molecule has 17 heavy (non-hydrogen) atoms. The molecule has 3 atom stereocenters. The fraction of sp³-hybridized carbons (Fsp3) is 0.625. The van der Waals surface area contributed by atoms with E-state index in [2.05, 4.69) is 49.6 Å². The number of hydrogen-bond acceptors (Lipinski definition) is 1. The van der Waals surface area contributed by atoms with Gasteiger partial charge in [-0.05, 0) is 37.3 Å². The summed E-state index contributed by atoms with van der Waals surface area (Å²) in [7, 11) is 2.10. The van der Waals surface area contributed by atoms with Crippen molar-refractivity contribution >= 4 is 0 Å². The van der Waals surface area contributed by atoms with Crippen LogP contribution >= 0.6 is 0 Å². The van der Waals surface area contributed by atoms with Gasteiger partial charge in [0.2, 0.25) is 0 Å². The van der Waals surface area contributed by atoms with E-state index in [1.165, 1.54) is 37.7 Å². The molecule has 94 valence electrons. The largest absolute Gasteiger partial charge is 0.313 e. The molecule has 0 aliphatic heterocycles. The Balaban J connectivity index is 2.08. The quantitative estimate of drug-likeness (QED) is 0.820. The van der Waals surface area contributed by atoms with Crippen LogP contribution in [0.4, 0.5) is 0 Å². The number of benzene rings is 1. The maximum Gasteiger partial charge on any atom is 0.0346 e. The molecule has 1 nitrogen and oxygen atoms in total. The third kappa shape index (κ3) is 3.10. The average Bonchev–Trinajstić information content (AvgIpc) is 2.41. The van der Waals surface area contributed by atoms with E-state index in [0.717, 1.165) is 11.8 Å². The topological polar surface area (TPSA) is 12.0 Å². The van der Waals surface area contributed by atoms with E-state index in [-0.39, 0.29) is 0 Å². The number of hydrogen-bond donors (Lipinski definition) is 1. The van der Waals surface area contributed by atoms with E-state index in [0.29, 0.717) is 6.04 Å². The fourth-order valence-electron chi connectivity index (χ4n) is 3.34. The zero-order valence-corrected chi connectivity index (χ0v) is 11.2. The summed E-state index contributed by atoms with van der Waals surface area (Å²) in [5.41, 5.74) is 1.46. The highest BCUT2D eigenvalue weighted by Crippen LogP contribution is 2.38. The van der Waals surface area contributed by atoms with Gasteiger partial charge >= 0.3 is 0 Å². The molecule has 0 bridgehead atoms. The predicted octanol–water partition coefficient (Wildman–Crippen LogP) is 4.16. The van der Waals surface area contributed by atoms with Gasteiger partial charge in [-0.3, -0.25) is 0 Å². The second-order valence-electron chi connectivity index (χ2n) is 5.38. The molecule has 1 aliphatic carbocycles. The molecule has 1 aromatic carbocycles. The Labute approximate surface area is 106 Å². The molecule has 0 radical (unpaired) electrons. The van der Waals surface area contributed by atoms with Crippen molar-refractivity contribution in [3.63, 3.8) is 0 Å². The Hall–Kier alpha value is -0.820. The van der Waals surface area contributed by atoms with Gasteiger partial charge in [0.05, 0.1) is 0 Å². The summed E-state index contributed by atoms with van der Waals surface area (Å²) in [5.74, 6) is 1.77. The molecule has 0 spiro atoms. The van der Waals surface area contributed by atoms with Gasteiger partial charge in [-0.15, -0.1) is 0 Å². The van der Waals surface area contributed by atoms with Gasteiger partial charge in [-0.1, -0.05) is 56.5 Å². The summed E-state index contributed by atoms with van der Waals surface area (Å²) < 4.78 is 0. The molecule has 1 heteroatoms. The monoisotopic (exact) mass is 231 g/mol. The molecule has 1 saturated carbocycles. The smallest absolute Gasteiger partial charge is 0.0346 e. The highest BCUT2D eigenvalue weighted by molar-refractivity contribution is 5.19. The Morgan fingerprint density at radius 2 is 2.00 bits per heavy atom. The lowest BCUT2D eigenvalue weighted by molar-refractivity contribution is 0.214. The van der Waals surface area contributed by atoms with E-state index in [1.807, 2.05) is 0 Å². The molecule has 0 saturated heterocycles. The molecule has 1 aliphatic rings. The van der Waals surface area contributed by atoms with Gasteiger partial charge in [0.25, 0.3) is 0 Å². The van der Waals surface area contributed by atoms with Gasteiger partial charge in [-0.25, -0.2) is 0 Å². The van der Waals surface area contributed by atoms with E-state index in [9.17, 15) is 0 Å². The van der Waals surface area contributed by atoms with Gasteiger partial charge in [0.15, 0.2) is 0 Å². The molecular weight excluding hydrogens is 206 g/mol. The maximum absolute atomic E-state index is 3.53. The van der Waals surface area contributed by atoms with Crippen molar-refractivity contribution in [3.05, 3.63) is 35.9 Å². The van der Waals surface area contributed by atoms with Crippen molar-refractivity contribution in [2.24, 2.45) is 11.8 Å². The molecule has 0 amide bonds. The molecule has 2 rings (SSSR count). The number of nitrogens with one attached hydrogen (secondary N) is 1. The minimum atomic E-state index is 0.547. The van der Waals surface area contributed by atoms with E-state index >= 15 is 0 Å². The van der Waals surface area contributed by atoms with E-state index in [1.54, 1.807) is 0 Å². The second-order valence-corrected chi connectivity index (χ2v) is 5.38. The summed E-state index contributed by atoms with van der Waals surface area (Å²) in [6, 6.07) is 11.5. The standard InChI is InChI=1S/C16H25N/c1-3-13-8-7-11-15(12-13)16(17-2)14-9-5-4-6-10-14/h4-6,9-10,13,15-17H,3,7-8,11-12H2,1-2H3. The molecular formula is C16H25N. The highest BCUT2D eigenvalue weighted by atomic mass is 14.9. The summed E-state index contributed by atoms with van der Waals surface area (Å²) in [6.45, 7) is 2.34. The Kier molecular flexibility index (Phi) is 4.61. The van der Waals surface area contributed by atoms with Crippen LogP contribution in [0.2, 0.25) is 0 Å². The van der Waals surface area contributed by atoms with Crippen LogP contribution < -0.4 is 5.32 Å². The zero-order valence-electron chi connectivity index (χ0n) is 11.2. The Bertz CT molecular complexity index is 320. The minimum absolute atomic E-state index is 0.547. The van der Waals surface area contributed by atoms with Crippen molar-refractivity contribution in [3.8, 4) is 0 Å². The Morgan fingerprint density at radius 1 is 1.24 bits per heavy atom. The van der Waals surface area contributed by atoms with Crippen LogP contribution in [-0.2, 0) is 0 Å². The van der Waals surface area contributed by atoms with Crippen LogP contribution in [0.3, 0.4) is 0 Å².